The first kappa shape index (κ1) is 19.9. The van der Waals surface area contributed by atoms with Gasteiger partial charge in [0.05, 0.1) is 18.5 Å². The van der Waals surface area contributed by atoms with Crippen molar-refractivity contribution in [2.24, 2.45) is 0 Å². The van der Waals surface area contributed by atoms with Crippen molar-refractivity contribution < 1.29 is 19.1 Å². The van der Waals surface area contributed by atoms with Crippen LogP contribution in [0.15, 0.2) is 41.8 Å². The fourth-order valence-corrected chi connectivity index (χ4v) is 3.94. The lowest BCUT2D eigenvalue weighted by atomic mass is 10.2. The summed E-state index contributed by atoms with van der Waals surface area (Å²) in [7, 11) is 3.14. The molecule has 148 valence electrons. The summed E-state index contributed by atoms with van der Waals surface area (Å²) in [6.07, 6.45) is 1.38. The fraction of sp³-hybridized carbons (Fsp3) is 0.350. The number of likely N-dealkylation sites (N-methyl/N-ethyl adjacent to an activating group) is 1. The van der Waals surface area contributed by atoms with Gasteiger partial charge in [-0.2, -0.15) is 0 Å². The summed E-state index contributed by atoms with van der Waals surface area (Å²) >= 11 is 1.36. The highest BCUT2D eigenvalue weighted by Gasteiger charge is 2.36. The summed E-state index contributed by atoms with van der Waals surface area (Å²) in [6.45, 7) is 0.463. The van der Waals surface area contributed by atoms with E-state index in [4.69, 9.17) is 4.74 Å². The summed E-state index contributed by atoms with van der Waals surface area (Å²) in [6, 6.07) is 10.1. The number of hydrogen-bond donors (Lipinski definition) is 1. The highest BCUT2D eigenvalue weighted by molar-refractivity contribution is 7.12. The third-order valence-electron chi connectivity index (χ3n) is 4.64. The third kappa shape index (κ3) is 4.51. The van der Waals surface area contributed by atoms with Crippen LogP contribution in [0.3, 0.4) is 0 Å². The molecule has 0 radical (unpaired) electrons. The van der Waals surface area contributed by atoms with Gasteiger partial charge >= 0.3 is 0 Å². The summed E-state index contributed by atoms with van der Waals surface area (Å²) < 4.78 is 5.14. The van der Waals surface area contributed by atoms with Crippen LogP contribution in [0.1, 0.15) is 22.5 Å². The normalized spacial score (nSPS) is 15.9. The average molecular weight is 401 g/mol. The van der Waals surface area contributed by atoms with Crippen molar-refractivity contribution in [2.75, 3.05) is 32.6 Å². The molecule has 2 aromatic rings. The number of thiophene rings is 1. The molecule has 1 atom stereocenters. The zero-order valence-electron chi connectivity index (χ0n) is 15.9. The van der Waals surface area contributed by atoms with Crippen LogP contribution in [0.25, 0.3) is 0 Å². The van der Waals surface area contributed by atoms with E-state index in [0.29, 0.717) is 29.3 Å². The molecule has 1 fully saturated rings. The number of nitrogens with one attached hydrogen (secondary N) is 1. The molecular formula is C20H23N3O4S. The maximum absolute atomic E-state index is 12.9. The molecule has 3 rings (SSSR count). The Labute approximate surface area is 167 Å². The Bertz CT molecular complexity index is 853. The predicted octanol–water partition coefficient (Wildman–Crippen LogP) is 2.46. The highest BCUT2D eigenvalue weighted by Crippen LogP contribution is 2.23. The number of amides is 3. The van der Waals surface area contributed by atoms with Crippen LogP contribution >= 0.6 is 11.3 Å². The lowest BCUT2D eigenvalue weighted by molar-refractivity contribution is -0.136. The molecule has 1 aliphatic rings. The van der Waals surface area contributed by atoms with E-state index in [2.05, 4.69) is 5.32 Å². The van der Waals surface area contributed by atoms with Gasteiger partial charge in [0.1, 0.15) is 11.8 Å². The molecular weight excluding hydrogens is 378 g/mol. The number of carbonyl (C=O) groups excluding carboxylic acids is 3. The van der Waals surface area contributed by atoms with Crippen LogP contribution in [0, 0.1) is 0 Å². The van der Waals surface area contributed by atoms with Gasteiger partial charge in [-0.05, 0) is 36.4 Å². The van der Waals surface area contributed by atoms with Gasteiger partial charge in [0.2, 0.25) is 11.8 Å². The number of nitrogens with zero attached hydrogens (tertiary/aromatic N) is 2. The van der Waals surface area contributed by atoms with E-state index in [1.165, 1.54) is 16.2 Å². The van der Waals surface area contributed by atoms with Crippen molar-refractivity contribution in [2.45, 2.75) is 18.9 Å². The van der Waals surface area contributed by atoms with E-state index >= 15 is 0 Å². The van der Waals surface area contributed by atoms with Gasteiger partial charge in [0.15, 0.2) is 0 Å². The molecule has 0 bridgehead atoms. The van der Waals surface area contributed by atoms with Gasteiger partial charge in [0.25, 0.3) is 5.91 Å². The average Bonchev–Trinajstić information content (AvgIpc) is 3.38. The van der Waals surface area contributed by atoms with Crippen LogP contribution in [0.4, 0.5) is 5.69 Å². The summed E-state index contributed by atoms with van der Waals surface area (Å²) in [5.41, 5.74) is 0.598. The number of ether oxygens (including phenoxy) is 1. The van der Waals surface area contributed by atoms with Crippen molar-refractivity contribution in [1.82, 2.24) is 9.80 Å². The number of hydrogen-bond acceptors (Lipinski definition) is 5. The molecule has 1 saturated heterocycles. The van der Waals surface area contributed by atoms with Crippen molar-refractivity contribution in [3.63, 3.8) is 0 Å². The molecule has 28 heavy (non-hydrogen) atoms. The lowest BCUT2D eigenvalue weighted by Gasteiger charge is -2.27. The van der Waals surface area contributed by atoms with Gasteiger partial charge in [-0.25, -0.2) is 0 Å². The van der Waals surface area contributed by atoms with E-state index < -0.39 is 6.04 Å². The molecule has 1 unspecified atom stereocenters. The SMILES string of the molecule is COc1cccc(NC(=O)CN(C)C(=O)C2CCCN2C(=O)c2cccs2)c1. The van der Waals surface area contributed by atoms with E-state index in [1.54, 1.807) is 49.4 Å². The minimum Gasteiger partial charge on any atom is -0.497 e. The number of likely N-dealkylation sites (tertiary alicyclic amines) is 1. The maximum Gasteiger partial charge on any atom is 0.264 e. The minimum atomic E-state index is -0.524. The van der Waals surface area contributed by atoms with Crippen molar-refractivity contribution in [3.8, 4) is 5.75 Å². The van der Waals surface area contributed by atoms with Crippen LogP contribution in [-0.4, -0.2) is 60.8 Å². The monoisotopic (exact) mass is 401 g/mol. The Kier molecular flexibility index (Phi) is 6.30. The molecule has 2 heterocycles. The standard InChI is InChI=1S/C20H23N3O4S/c1-22(13-18(24)21-14-6-3-7-15(12-14)27-2)19(25)16-8-4-10-23(16)20(26)17-9-5-11-28-17/h3,5-7,9,11-12,16H,4,8,10,13H2,1-2H3,(H,21,24). The Morgan fingerprint density at radius 3 is 2.82 bits per heavy atom. The number of benzene rings is 1. The number of carbonyl (C=O) groups is 3. The Morgan fingerprint density at radius 2 is 2.11 bits per heavy atom. The molecule has 1 aromatic heterocycles. The summed E-state index contributed by atoms with van der Waals surface area (Å²) in [4.78, 5) is 41.4. The summed E-state index contributed by atoms with van der Waals surface area (Å²) in [5.74, 6) is -0.0163. The number of methoxy groups -OCH3 is 1. The molecule has 1 N–H and O–H groups in total. The van der Waals surface area contributed by atoms with Crippen LogP contribution < -0.4 is 10.1 Å². The molecule has 3 amide bonds. The quantitative estimate of drug-likeness (QED) is 0.807. The van der Waals surface area contributed by atoms with Crippen LogP contribution in [0.2, 0.25) is 0 Å². The van der Waals surface area contributed by atoms with Crippen LogP contribution in [-0.2, 0) is 9.59 Å². The van der Waals surface area contributed by atoms with Gasteiger partial charge in [0, 0.05) is 25.3 Å². The topological polar surface area (TPSA) is 79.0 Å². The zero-order chi connectivity index (χ0) is 20.1. The molecule has 0 saturated carbocycles. The molecule has 0 spiro atoms. The Morgan fingerprint density at radius 1 is 1.29 bits per heavy atom. The highest BCUT2D eigenvalue weighted by atomic mass is 32.1. The molecule has 8 heteroatoms. The van der Waals surface area contributed by atoms with Gasteiger partial charge in [-0.1, -0.05) is 12.1 Å². The summed E-state index contributed by atoms with van der Waals surface area (Å²) in [5, 5.41) is 4.60. The van der Waals surface area contributed by atoms with E-state index in [0.717, 1.165) is 6.42 Å². The lowest BCUT2D eigenvalue weighted by Crippen LogP contribution is -2.48. The van der Waals surface area contributed by atoms with Crippen molar-refractivity contribution in [3.05, 3.63) is 46.7 Å². The zero-order valence-corrected chi connectivity index (χ0v) is 16.7. The van der Waals surface area contributed by atoms with Crippen molar-refractivity contribution >= 4 is 34.7 Å². The first-order valence-electron chi connectivity index (χ1n) is 9.03. The van der Waals surface area contributed by atoms with Crippen molar-refractivity contribution in [1.29, 1.82) is 0 Å². The first-order valence-corrected chi connectivity index (χ1v) is 9.91. The third-order valence-corrected chi connectivity index (χ3v) is 5.50. The Balaban J connectivity index is 1.60. The maximum atomic E-state index is 12.9. The largest absolute Gasteiger partial charge is 0.497 e. The molecule has 1 aromatic carbocycles. The van der Waals surface area contributed by atoms with Gasteiger partial charge in [-0.15, -0.1) is 11.3 Å². The van der Waals surface area contributed by atoms with Crippen LogP contribution in [0.5, 0.6) is 5.75 Å². The molecule has 1 aliphatic heterocycles. The van der Waals surface area contributed by atoms with Gasteiger partial charge < -0.3 is 19.9 Å². The first-order chi connectivity index (χ1) is 13.5. The van der Waals surface area contributed by atoms with E-state index in [9.17, 15) is 14.4 Å². The smallest absolute Gasteiger partial charge is 0.264 e. The number of rotatable bonds is 6. The minimum absolute atomic E-state index is 0.0897. The molecule has 0 aliphatic carbocycles. The predicted molar refractivity (Wildman–Crippen MR) is 108 cm³/mol. The fourth-order valence-electron chi connectivity index (χ4n) is 3.26. The number of anilines is 1. The van der Waals surface area contributed by atoms with Gasteiger partial charge in [-0.3, -0.25) is 14.4 Å². The second kappa shape index (κ2) is 8.88. The second-order valence-electron chi connectivity index (χ2n) is 6.61. The second-order valence-corrected chi connectivity index (χ2v) is 7.56. The Hall–Kier alpha value is -2.87. The van der Waals surface area contributed by atoms with E-state index in [1.807, 2.05) is 11.4 Å². The molecule has 7 nitrogen and oxygen atoms in total. The van der Waals surface area contributed by atoms with E-state index in [-0.39, 0.29) is 24.3 Å².